The molecule has 3 heterocycles. The summed E-state index contributed by atoms with van der Waals surface area (Å²) in [5, 5.41) is 2.39. The number of nitrogens with zero attached hydrogens (tertiary/aromatic N) is 3. The molecule has 0 unspecified atom stereocenters. The van der Waals surface area contributed by atoms with Crippen molar-refractivity contribution in [2.24, 2.45) is 0 Å². The zero-order valence-electron chi connectivity index (χ0n) is 27.3. The van der Waals surface area contributed by atoms with Gasteiger partial charge in [0.25, 0.3) is 0 Å². The van der Waals surface area contributed by atoms with Crippen LogP contribution in [0.2, 0.25) is 0 Å². The summed E-state index contributed by atoms with van der Waals surface area (Å²) in [4.78, 5) is 17.1. The fourth-order valence-corrected chi connectivity index (χ4v) is 6.51. The number of esters is 1. The van der Waals surface area contributed by atoms with Crippen molar-refractivity contribution in [3.8, 4) is 0 Å². The van der Waals surface area contributed by atoms with Gasteiger partial charge in [-0.2, -0.15) is 0 Å². The minimum atomic E-state index is -0.307. The molecule has 48 heavy (non-hydrogen) atoms. The molecular weight excluding hydrogens is 592 g/mol. The van der Waals surface area contributed by atoms with Gasteiger partial charge >= 0.3 is 5.97 Å². The van der Waals surface area contributed by atoms with Gasteiger partial charge in [-0.1, -0.05) is 73.2 Å². The van der Waals surface area contributed by atoms with Gasteiger partial charge in [-0.05, 0) is 94.9 Å². The number of benzene rings is 4. The summed E-state index contributed by atoms with van der Waals surface area (Å²) in [6.07, 6.45) is 10.4. The first-order chi connectivity index (χ1) is 23.5. The molecule has 3 aromatic heterocycles. The summed E-state index contributed by atoms with van der Waals surface area (Å²) in [6, 6.07) is 39.7. The van der Waals surface area contributed by atoms with Gasteiger partial charge in [0.1, 0.15) is 0 Å². The van der Waals surface area contributed by atoms with Crippen molar-refractivity contribution in [3.05, 3.63) is 167 Å². The average molecular weight is 633 g/mol. The average Bonchev–Trinajstić information content (AvgIpc) is 3.68. The number of nitrogens with two attached hydrogens (primary N) is 1. The van der Waals surface area contributed by atoms with Crippen LogP contribution < -0.4 is 5.73 Å². The van der Waals surface area contributed by atoms with Crippen LogP contribution in [0.3, 0.4) is 0 Å². The van der Waals surface area contributed by atoms with E-state index in [1.54, 1.807) is 0 Å². The molecular formula is C42H40N4O2. The van der Waals surface area contributed by atoms with Crippen LogP contribution in [0.25, 0.3) is 21.8 Å². The van der Waals surface area contributed by atoms with E-state index in [1.807, 2.05) is 36.5 Å². The first-order valence-electron chi connectivity index (χ1n) is 16.6. The second-order valence-corrected chi connectivity index (χ2v) is 12.6. The van der Waals surface area contributed by atoms with Crippen molar-refractivity contribution in [1.29, 1.82) is 0 Å². The van der Waals surface area contributed by atoms with Gasteiger partial charge < -0.3 is 19.6 Å². The highest BCUT2D eigenvalue weighted by Gasteiger charge is 2.23. The molecule has 7 aromatic rings. The van der Waals surface area contributed by atoms with Gasteiger partial charge in [-0.15, -0.1) is 0 Å². The van der Waals surface area contributed by atoms with E-state index < -0.39 is 0 Å². The molecule has 1 aliphatic carbocycles. The third-order valence-corrected chi connectivity index (χ3v) is 9.37. The Balaban J connectivity index is 0.000000180. The van der Waals surface area contributed by atoms with Gasteiger partial charge in [0.2, 0.25) is 0 Å². The van der Waals surface area contributed by atoms with E-state index in [4.69, 9.17) is 10.5 Å². The van der Waals surface area contributed by atoms with E-state index in [2.05, 4.69) is 111 Å². The van der Waals surface area contributed by atoms with E-state index >= 15 is 0 Å². The second-order valence-electron chi connectivity index (χ2n) is 12.6. The maximum absolute atomic E-state index is 12.4. The van der Waals surface area contributed by atoms with Crippen LogP contribution in [-0.4, -0.2) is 27.2 Å². The lowest BCUT2D eigenvalue weighted by Crippen LogP contribution is -2.14. The van der Waals surface area contributed by atoms with E-state index in [0.717, 1.165) is 35.6 Å². The number of aromatic nitrogens is 3. The molecule has 0 radical (unpaired) electrons. The number of hydrogen-bond acceptors (Lipinski definition) is 4. The van der Waals surface area contributed by atoms with Gasteiger partial charge in [0.15, 0.2) is 0 Å². The van der Waals surface area contributed by atoms with Crippen molar-refractivity contribution in [3.63, 3.8) is 0 Å². The molecule has 240 valence electrons. The number of nitrogen functional groups attached to an aromatic ring is 1. The Hall–Kier alpha value is -5.62. The van der Waals surface area contributed by atoms with E-state index in [0.29, 0.717) is 17.9 Å². The molecule has 0 aliphatic heterocycles. The topological polar surface area (TPSA) is 75.1 Å². The first kappa shape index (κ1) is 31.0. The van der Waals surface area contributed by atoms with Gasteiger partial charge in [0, 0.05) is 60.2 Å². The smallest absolute Gasteiger partial charge is 0.339 e. The molecule has 6 heteroatoms. The SMILES string of the molecule is COC(=O)c1cc(C2CCC2)cnc1Cc1ccc2c(ccn2Cc2ccccc2)c1.Nc1ccc2c(ccn2Cc2ccccc2)c1. The molecule has 0 bridgehead atoms. The summed E-state index contributed by atoms with van der Waals surface area (Å²) in [7, 11) is 1.43. The number of pyridine rings is 1. The van der Waals surface area contributed by atoms with E-state index in [1.165, 1.54) is 59.3 Å². The van der Waals surface area contributed by atoms with Crippen LogP contribution in [0.1, 0.15) is 63.5 Å². The van der Waals surface area contributed by atoms with Crippen LogP contribution in [0.4, 0.5) is 5.69 Å². The fourth-order valence-electron chi connectivity index (χ4n) is 6.51. The van der Waals surface area contributed by atoms with Crippen LogP contribution in [0, 0.1) is 0 Å². The molecule has 0 spiro atoms. The zero-order valence-corrected chi connectivity index (χ0v) is 27.3. The molecule has 4 aromatic carbocycles. The lowest BCUT2D eigenvalue weighted by Gasteiger charge is -2.26. The normalized spacial score (nSPS) is 12.8. The zero-order chi connectivity index (χ0) is 32.9. The highest BCUT2D eigenvalue weighted by Crippen LogP contribution is 2.36. The number of hydrogen-bond donors (Lipinski definition) is 1. The molecule has 8 rings (SSSR count). The third kappa shape index (κ3) is 6.88. The van der Waals surface area contributed by atoms with Gasteiger partial charge in [-0.3, -0.25) is 4.98 Å². The maximum Gasteiger partial charge on any atom is 0.339 e. The molecule has 0 amide bonds. The van der Waals surface area contributed by atoms with Crippen molar-refractivity contribution in [2.75, 3.05) is 12.8 Å². The maximum atomic E-state index is 12.4. The standard InChI is InChI=1S/C27H26N2O2.C15H14N2/c1-31-27(30)24-16-23(21-8-5-9-21)17-28-25(24)15-20-10-11-26-22(14-20)12-13-29(26)18-19-6-3-2-4-7-19;16-14-6-7-15-13(10-14)8-9-17(15)11-12-4-2-1-3-5-12/h2-4,6-7,10-14,16-17,21H,5,8-9,15,18H2,1H3;1-10H,11,16H2. The third-order valence-electron chi connectivity index (χ3n) is 9.37. The molecule has 0 saturated heterocycles. The molecule has 1 fully saturated rings. The summed E-state index contributed by atoms with van der Waals surface area (Å²) >= 11 is 0. The Morgan fingerprint density at radius 1 is 0.750 bits per heavy atom. The van der Waals surface area contributed by atoms with Gasteiger partial charge in [0.05, 0.1) is 18.4 Å². The monoisotopic (exact) mass is 632 g/mol. The quantitative estimate of drug-likeness (QED) is 0.134. The van der Waals surface area contributed by atoms with E-state index in [-0.39, 0.29) is 5.97 Å². The van der Waals surface area contributed by atoms with Gasteiger partial charge in [-0.25, -0.2) is 4.79 Å². The Morgan fingerprint density at radius 2 is 1.35 bits per heavy atom. The Morgan fingerprint density at radius 3 is 1.94 bits per heavy atom. The number of carbonyl (C=O) groups excluding carboxylic acids is 1. The number of methoxy groups -OCH3 is 1. The highest BCUT2D eigenvalue weighted by atomic mass is 16.5. The number of rotatable bonds is 8. The lowest BCUT2D eigenvalue weighted by atomic mass is 9.80. The lowest BCUT2D eigenvalue weighted by molar-refractivity contribution is 0.0598. The highest BCUT2D eigenvalue weighted by molar-refractivity contribution is 5.91. The number of fused-ring (bicyclic) bond motifs is 2. The van der Waals surface area contributed by atoms with Crippen molar-refractivity contribution in [1.82, 2.24) is 14.1 Å². The van der Waals surface area contributed by atoms with E-state index in [9.17, 15) is 4.79 Å². The Kier molecular flexibility index (Phi) is 9.05. The summed E-state index contributed by atoms with van der Waals surface area (Å²) in [6.45, 7) is 1.74. The predicted octanol–water partition coefficient (Wildman–Crippen LogP) is 9.00. The molecule has 2 N–H and O–H groups in total. The summed E-state index contributed by atoms with van der Waals surface area (Å²) in [5.74, 6) is 0.226. The number of anilines is 1. The Labute approximate surface area is 281 Å². The van der Waals surface area contributed by atoms with Crippen LogP contribution >= 0.6 is 0 Å². The van der Waals surface area contributed by atoms with Crippen LogP contribution in [-0.2, 0) is 24.2 Å². The molecule has 6 nitrogen and oxygen atoms in total. The fraction of sp³-hybridized carbons (Fsp3) is 0.190. The van der Waals surface area contributed by atoms with Crippen molar-refractivity contribution < 1.29 is 9.53 Å². The van der Waals surface area contributed by atoms with Crippen LogP contribution in [0.5, 0.6) is 0 Å². The minimum Gasteiger partial charge on any atom is -0.465 e. The molecule has 0 atom stereocenters. The second kappa shape index (κ2) is 14.0. The number of ether oxygens (including phenoxy) is 1. The molecule has 1 saturated carbocycles. The molecule has 1 aliphatic rings. The largest absolute Gasteiger partial charge is 0.465 e. The Bertz CT molecular complexity index is 2160. The predicted molar refractivity (Wildman–Crippen MR) is 194 cm³/mol. The summed E-state index contributed by atoms with van der Waals surface area (Å²) < 4.78 is 9.55. The number of carbonyl (C=O) groups is 1. The summed E-state index contributed by atoms with van der Waals surface area (Å²) in [5.41, 5.74) is 15.3. The van der Waals surface area contributed by atoms with Crippen molar-refractivity contribution >= 4 is 33.5 Å². The minimum absolute atomic E-state index is 0.307. The first-order valence-corrected chi connectivity index (χ1v) is 16.6. The van der Waals surface area contributed by atoms with Crippen LogP contribution in [0.15, 0.2) is 134 Å². The van der Waals surface area contributed by atoms with Crippen molar-refractivity contribution in [2.45, 2.75) is 44.7 Å².